The van der Waals surface area contributed by atoms with E-state index >= 15 is 0 Å². The second kappa shape index (κ2) is 11.8. The largest absolute Gasteiger partial charge is 0.366 e. The van der Waals surface area contributed by atoms with E-state index in [1.165, 1.54) is 11.3 Å². The molecule has 0 unspecified atom stereocenters. The van der Waals surface area contributed by atoms with Crippen molar-refractivity contribution >= 4 is 51.5 Å². The summed E-state index contributed by atoms with van der Waals surface area (Å²) in [5, 5.41) is 7.10. The summed E-state index contributed by atoms with van der Waals surface area (Å²) < 4.78 is 0. The summed E-state index contributed by atoms with van der Waals surface area (Å²) in [4.78, 5) is 36.9. The van der Waals surface area contributed by atoms with Gasteiger partial charge >= 0.3 is 0 Å². The summed E-state index contributed by atoms with van der Waals surface area (Å²) in [6.45, 7) is 0.509. The second-order valence-corrected chi connectivity index (χ2v) is 9.37. The van der Waals surface area contributed by atoms with Crippen LogP contribution in [0.1, 0.15) is 16.1 Å². The zero-order valence-corrected chi connectivity index (χ0v) is 22.1. The minimum atomic E-state index is -0.347. The topological polar surface area (TPSA) is 106 Å². The molecule has 2 N–H and O–H groups in total. The van der Waals surface area contributed by atoms with Gasteiger partial charge in [-0.1, -0.05) is 59.9 Å². The Morgan fingerprint density at radius 3 is 2.49 bits per heavy atom. The summed E-state index contributed by atoms with van der Waals surface area (Å²) in [5.74, 6) is 0.650. The molecule has 0 fully saturated rings. The molecule has 2 aromatic carbocycles. The molecule has 0 spiro atoms. The zero-order chi connectivity index (χ0) is 25.7. The van der Waals surface area contributed by atoms with Crippen molar-refractivity contribution in [3.05, 3.63) is 115 Å². The van der Waals surface area contributed by atoms with E-state index in [2.05, 4.69) is 30.6 Å². The Morgan fingerprint density at radius 2 is 1.67 bits per heavy atom. The number of nitrogens with zero attached hydrogens (tertiary/aromatic N) is 5. The molecule has 8 nitrogen and oxygen atoms in total. The fourth-order valence-electron chi connectivity index (χ4n) is 3.92. The van der Waals surface area contributed by atoms with Gasteiger partial charge in [-0.3, -0.25) is 9.78 Å². The van der Waals surface area contributed by atoms with Crippen LogP contribution in [0, 0.1) is 0 Å². The second-order valence-electron chi connectivity index (χ2n) is 8.39. The third-order valence-corrected chi connectivity index (χ3v) is 6.77. The first-order valence-electron chi connectivity index (χ1n) is 11.9. The molecule has 0 aliphatic rings. The Morgan fingerprint density at radius 1 is 0.846 bits per heavy atom. The van der Waals surface area contributed by atoms with Gasteiger partial charge in [-0.2, -0.15) is 0 Å². The third kappa shape index (κ3) is 5.90. The number of para-hydroxylation sites is 1. The van der Waals surface area contributed by atoms with E-state index in [1.54, 1.807) is 24.7 Å². The van der Waals surface area contributed by atoms with Gasteiger partial charge in [0.1, 0.15) is 26.9 Å². The van der Waals surface area contributed by atoms with Crippen molar-refractivity contribution < 1.29 is 4.79 Å². The number of nitrogens with one attached hydrogen (secondary N) is 2. The SMILES string of the molecule is Cl.O=C(Nc1ccccc1-c1nc2cccnc2s1)c1cc(NCc2cccnc2)nc(-c2ccccc2)n1. The summed E-state index contributed by atoms with van der Waals surface area (Å²) in [7, 11) is 0. The molecule has 4 aromatic heterocycles. The number of pyridine rings is 2. The van der Waals surface area contributed by atoms with Crippen LogP contribution < -0.4 is 10.6 Å². The molecule has 0 aliphatic heterocycles. The van der Waals surface area contributed by atoms with Crippen molar-refractivity contribution in [3.8, 4) is 22.0 Å². The van der Waals surface area contributed by atoms with Gasteiger partial charge in [0.15, 0.2) is 5.82 Å². The normalized spacial score (nSPS) is 10.6. The van der Waals surface area contributed by atoms with Crippen molar-refractivity contribution in [1.82, 2.24) is 24.9 Å². The van der Waals surface area contributed by atoms with Gasteiger partial charge in [0.25, 0.3) is 5.91 Å². The average molecular weight is 552 g/mol. The smallest absolute Gasteiger partial charge is 0.274 e. The lowest BCUT2D eigenvalue weighted by Gasteiger charge is -2.12. The number of carbonyl (C=O) groups is 1. The molecule has 192 valence electrons. The number of thiazole rings is 1. The molecular formula is C29H22ClN7OS. The van der Waals surface area contributed by atoms with Crippen LogP contribution in [0.4, 0.5) is 11.5 Å². The third-order valence-electron chi connectivity index (χ3n) is 5.76. The number of hydrogen-bond donors (Lipinski definition) is 2. The highest BCUT2D eigenvalue weighted by molar-refractivity contribution is 7.21. The standard InChI is InChI=1S/C29H21N7OS.ClH/c37-27(34-22-12-5-4-11-21(22)28-35-23-13-7-15-31-29(23)38-28)24-16-25(32-18-19-8-6-14-30-17-19)36-26(33-24)20-9-2-1-3-10-20;/h1-17H,18H2,(H,34,37)(H,32,33,36);1H. The fourth-order valence-corrected chi connectivity index (χ4v) is 4.86. The molecule has 0 aliphatic carbocycles. The number of rotatable bonds is 7. The molecular weight excluding hydrogens is 530 g/mol. The molecule has 6 rings (SSSR count). The Bertz CT molecular complexity index is 1700. The molecule has 0 bridgehead atoms. The Kier molecular flexibility index (Phi) is 7.81. The van der Waals surface area contributed by atoms with Gasteiger partial charge in [0.2, 0.25) is 0 Å². The number of fused-ring (bicyclic) bond motifs is 1. The first-order chi connectivity index (χ1) is 18.7. The Hall–Kier alpha value is -4.73. The highest BCUT2D eigenvalue weighted by atomic mass is 35.5. The van der Waals surface area contributed by atoms with Crippen LogP contribution in [0.5, 0.6) is 0 Å². The predicted molar refractivity (Wildman–Crippen MR) is 157 cm³/mol. The van der Waals surface area contributed by atoms with Gasteiger partial charge in [-0.25, -0.2) is 19.9 Å². The van der Waals surface area contributed by atoms with Gasteiger partial charge in [-0.15, -0.1) is 12.4 Å². The molecule has 6 aromatic rings. The van der Waals surface area contributed by atoms with Gasteiger partial charge < -0.3 is 10.6 Å². The lowest BCUT2D eigenvalue weighted by atomic mass is 10.1. The van der Waals surface area contributed by atoms with Gasteiger partial charge in [0.05, 0.1) is 5.69 Å². The maximum atomic E-state index is 13.5. The number of benzene rings is 2. The number of carbonyl (C=O) groups excluding carboxylic acids is 1. The van der Waals surface area contributed by atoms with Crippen LogP contribution in [-0.4, -0.2) is 30.8 Å². The van der Waals surface area contributed by atoms with Crippen LogP contribution in [0.25, 0.3) is 32.3 Å². The number of hydrogen-bond acceptors (Lipinski definition) is 8. The Balaban J connectivity index is 0.00000308. The van der Waals surface area contributed by atoms with Crippen molar-refractivity contribution in [2.24, 2.45) is 0 Å². The molecule has 0 atom stereocenters. The Labute approximate surface area is 234 Å². The summed E-state index contributed by atoms with van der Waals surface area (Å²) in [5.41, 5.74) is 4.33. The molecule has 0 saturated carbocycles. The lowest BCUT2D eigenvalue weighted by Crippen LogP contribution is -2.16. The van der Waals surface area contributed by atoms with Crippen LogP contribution in [0.3, 0.4) is 0 Å². The van der Waals surface area contributed by atoms with E-state index in [0.29, 0.717) is 23.9 Å². The van der Waals surface area contributed by atoms with E-state index in [-0.39, 0.29) is 24.0 Å². The first kappa shape index (κ1) is 25.9. The quantitative estimate of drug-likeness (QED) is 0.233. The molecule has 0 saturated heterocycles. The van der Waals surface area contributed by atoms with Crippen LogP contribution in [0.2, 0.25) is 0 Å². The summed E-state index contributed by atoms with van der Waals surface area (Å²) >= 11 is 1.48. The molecule has 4 heterocycles. The number of halogens is 1. The van der Waals surface area contributed by atoms with E-state index in [0.717, 1.165) is 32.0 Å². The van der Waals surface area contributed by atoms with Crippen LogP contribution >= 0.6 is 23.7 Å². The number of anilines is 2. The average Bonchev–Trinajstić information content (AvgIpc) is 3.41. The van der Waals surface area contributed by atoms with Gasteiger partial charge in [0, 0.05) is 42.3 Å². The maximum absolute atomic E-state index is 13.5. The summed E-state index contributed by atoms with van der Waals surface area (Å²) in [6.07, 6.45) is 5.26. The highest BCUT2D eigenvalue weighted by Crippen LogP contribution is 2.34. The van der Waals surface area contributed by atoms with Gasteiger partial charge in [-0.05, 0) is 35.9 Å². The van der Waals surface area contributed by atoms with Crippen molar-refractivity contribution in [2.75, 3.05) is 10.6 Å². The van der Waals surface area contributed by atoms with E-state index < -0.39 is 0 Å². The monoisotopic (exact) mass is 551 g/mol. The van der Waals surface area contributed by atoms with E-state index in [4.69, 9.17) is 4.98 Å². The maximum Gasteiger partial charge on any atom is 0.274 e. The highest BCUT2D eigenvalue weighted by Gasteiger charge is 2.17. The van der Waals surface area contributed by atoms with E-state index in [9.17, 15) is 4.79 Å². The van der Waals surface area contributed by atoms with Crippen molar-refractivity contribution in [1.29, 1.82) is 0 Å². The predicted octanol–water partition coefficient (Wildman–Crippen LogP) is 6.50. The van der Waals surface area contributed by atoms with Crippen LogP contribution in [0.15, 0.2) is 104 Å². The van der Waals surface area contributed by atoms with Crippen molar-refractivity contribution in [2.45, 2.75) is 6.54 Å². The molecule has 39 heavy (non-hydrogen) atoms. The van der Waals surface area contributed by atoms with Crippen molar-refractivity contribution in [3.63, 3.8) is 0 Å². The lowest BCUT2D eigenvalue weighted by molar-refractivity contribution is 0.102. The minimum absolute atomic E-state index is 0. The number of amides is 1. The molecule has 10 heteroatoms. The summed E-state index contributed by atoms with van der Waals surface area (Å²) in [6, 6.07) is 26.5. The van der Waals surface area contributed by atoms with E-state index in [1.807, 2.05) is 78.9 Å². The minimum Gasteiger partial charge on any atom is -0.366 e. The molecule has 1 amide bonds. The van der Waals surface area contributed by atoms with Crippen LogP contribution in [-0.2, 0) is 6.54 Å². The fraction of sp³-hybridized carbons (Fsp3) is 0.0345. The zero-order valence-electron chi connectivity index (χ0n) is 20.5. The molecule has 0 radical (unpaired) electrons. The number of aromatic nitrogens is 5. The first-order valence-corrected chi connectivity index (χ1v) is 12.7.